The summed E-state index contributed by atoms with van der Waals surface area (Å²) in [6.07, 6.45) is 10.2. The van der Waals surface area contributed by atoms with Gasteiger partial charge in [-0.3, -0.25) is 0 Å². The fourth-order valence-corrected chi connectivity index (χ4v) is 3.07. The average Bonchev–Trinajstić information content (AvgIpc) is 2.86. The Morgan fingerprint density at radius 3 is 2.72 bits per heavy atom. The molecule has 0 spiro atoms. The molecule has 0 unspecified atom stereocenters. The second-order valence-corrected chi connectivity index (χ2v) is 5.58. The molecule has 0 aliphatic heterocycles. The van der Waals surface area contributed by atoms with E-state index in [1.54, 1.807) is 0 Å². The Morgan fingerprint density at radius 1 is 1.28 bits per heavy atom. The summed E-state index contributed by atoms with van der Waals surface area (Å²) in [5.74, 6) is 2.87. The van der Waals surface area contributed by atoms with Gasteiger partial charge in [0.15, 0.2) is 0 Å². The predicted octanol–water partition coefficient (Wildman–Crippen LogP) is 3.59. The summed E-state index contributed by atoms with van der Waals surface area (Å²) in [6, 6.07) is 0. The summed E-state index contributed by atoms with van der Waals surface area (Å²) in [5, 5.41) is 3.33. The fraction of sp³-hybridized carbons (Fsp3) is 0.800. The summed E-state index contributed by atoms with van der Waals surface area (Å²) < 4.78 is 0. The number of nitrogens with zero attached hydrogens (tertiary/aromatic N) is 1. The van der Waals surface area contributed by atoms with Gasteiger partial charge in [-0.25, -0.2) is 4.98 Å². The van der Waals surface area contributed by atoms with Crippen LogP contribution in [0, 0.1) is 5.92 Å². The van der Waals surface area contributed by atoms with Gasteiger partial charge in [-0.2, -0.15) is 0 Å². The lowest BCUT2D eigenvalue weighted by Crippen LogP contribution is -2.15. The lowest BCUT2D eigenvalue weighted by molar-refractivity contribution is 0.303. The second-order valence-electron chi connectivity index (χ2n) is 5.58. The van der Waals surface area contributed by atoms with Gasteiger partial charge in [-0.15, -0.1) is 0 Å². The molecule has 0 radical (unpaired) electrons. The van der Waals surface area contributed by atoms with Crippen molar-refractivity contribution in [2.75, 3.05) is 6.54 Å². The number of nitrogens with one attached hydrogen (secondary N) is 2. The Hall–Kier alpha value is -0.830. The van der Waals surface area contributed by atoms with Crippen LogP contribution in [0.2, 0.25) is 0 Å². The van der Waals surface area contributed by atoms with Gasteiger partial charge in [-0.05, 0) is 38.1 Å². The molecule has 2 N–H and O–H groups in total. The van der Waals surface area contributed by atoms with E-state index in [-0.39, 0.29) is 0 Å². The molecule has 3 nitrogen and oxygen atoms in total. The minimum Gasteiger partial charge on any atom is -0.345 e. The molecule has 1 saturated carbocycles. The van der Waals surface area contributed by atoms with Gasteiger partial charge in [0, 0.05) is 24.4 Å². The number of aromatic nitrogens is 2. The quantitative estimate of drug-likeness (QED) is 0.809. The molecule has 1 aromatic heterocycles. The minimum atomic E-state index is 0.675. The third kappa shape index (κ3) is 3.58. The number of rotatable bonds is 6. The van der Waals surface area contributed by atoms with Crippen LogP contribution in [0.3, 0.4) is 0 Å². The summed E-state index contributed by atoms with van der Waals surface area (Å²) in [5.41, 5.74) is 1.22. The molecule has 0 amide bonds. The van der Waals surface area contributed by atoms with Crippen molar-refractivity contribution >= 4 is 0 Å². The van der Waals surface area contributed by atoms with Crippen LogP contribution in [0.5, 0.6) is 0 Å². The Balaban J connectivity index is 1.83. The molecule has 2 rings (SSSR count). The maximum absolute atomic E-state index is 4.57. The molecule has 0 aromatic carbocycles. The van der Waals surface area contributed by atoms with Crippen LogP contribution in [0.1, 0.15) is 69.8 Å². The number of aromatic amines is 1. The minimum absolute atomic E-state index is 0.675. The van der Waals surface area contributed by atoms with Crippen molar-refractivity contribution in [1.82, 2.24) is 15.3 Å². The second kappa shape index (κ2) is 6.93. The van der Waals surface area contributed by atoms with Crippen molar-refractivity contribution in [2.24, 2.45) is 5.92 Å². The molecule has 1 fully saturated rings. The lowest BCUT2D eigenvalue weighted by atomic mass is 9.80. The highest BCUT2D eigenvalue weighted by Gasteiger charge is 2.23. The molecule has 1 aliphatic carbocycles. The molecule has 1 heterocycles. The van der Waals surface area contributed by atoms with E-state index < -0.39 is 0 Å². The zero-order chi connectivity index (χ0) is 12.8. The van der Waals surface area contributed by atoms with Gasteiger partial charge in [0.05, 0.1) is 0 Å². The topological polar surface area (TPSA) is 40.7 Å². The van der Waals surface area contributed by atoms with Crippen LogP contribution in [-0.4, -0.2) is 16.5 Å². The third-order valence-electron chi connectivity index (χ3n) is 4.14. The fourth-order valence-electron chi connectivity index (χ4n) is 3.07. The Bertz CT molecular complexity index is 337. The highest BCUT2D eigenvalue weighted by atomic mass is 15.0. The highest BCUT2D eigenvalue weighted by Crippen LogP contribution is 2.36. The zero-order valence-corrected chi connectivity index (χ0v) is 11.8. The maximum atomic E-state index is 4.57. The summed E-state index contributed by atoms with van der Waals surface area (Å²) in [4.78, 5) is 8.06. The molecular weight excluding hydrogens is 222 g/mol. The monoisotopic (exact) mass is 249 g/mol. The molecule has 18 heavy (non-hydrogen) atoms. The number of hydrogen-bond donors (Lipinski definition) is 2. The van der Waals surface area contributed by atoms with Crippen LogP contribution >= 0.6 is 0 Å². The van der Waals surface area contributed by atoms with E-state index in [0.717, 1.165) is 19.0 Å². The van der Waals surface area contributed by atoms with E-state index in [1.807, 2.05) is 6.20 Å². The van der Waals surface area contributed by atoms with Gasteiger partial charge in [0.25, 0.3) is 0 Å². The zero-order valence-electron chi connectivity index (χ0n) is 11.8. The molecule has 3 heteroatoms. The SMILES string of the molecule is CCCC1CCC(c2ncc(CNCC)[nH]2)CC1. The van der Waals surface area contributed by atoms with Crippen LogP contribution in [0.25, 0.3) is 0 Å². The van der Waals surface area contributed by atoms with E-state index >= 15 is 0 Å². The molecular formula is C15H27N3. The Labute approximate surface area is 111 Å². The molecule has 1 aliphatic rings. The van der Waals surface area contributed by atoms with Crippen LogP contribution in [0.4, 0.5) is 0 Å². The normalized spacial score (nSPS) is 24.3. The van der Waals surface area contributed by atoms with Gasteiger partial charge in [-0.1, -0.05) is 26.7 Å². The maximum Gasteiger partial charge on any atom is 0.109 e. The molecule has 102 valence electrons. The van der Waals surface area contributed by atoms with Gasteiger partial charge in [0.1, 0.15) is 5.82 Å². The first-order valence-electron chi connectivity index (χ1n) is 7.58. The van der Waals surface area contributed by atoms with Crippen molar-refractivity contribution < 1.29 is 0 Å². The van der Waals surface area contributed by atoms with Crippen LogP contribution in [-0.2, 0) is 6.54 Å². The predicted molar refractivity (Wildman–Crippen MR) is 75.6 cm³/mol. The average molecular weight is 249 g/mol. The standard InChI is InChI=1S/C15H27N3/c1-3-5-12-6-8-13(9-7-12)15-17-11-14(18-15)10-16-4-2/h11-13,16H,3-10H2,1-2H3,(H,17,18). The first kappa shape index (κ1) is 13.6. The number of H-pyrrole nitrogens is 1. The van der Waals surface area contributed by atoms with E-state index in [9.17, 15) is 0 Å². The summed E-state index contributed by atoms with van der Waals surface area (Å²) >= 11 is 0. The smallest absolute Gasteiger partial charge is 0.109 e. The molecule has 1 aromatic rings. The Morgan fingerprint density at radius 2 is 2.06 bits per heavy atom. The van der Waals surface area contributed by atoms with E-state index in [0.29, 0.717) is 5.92 Å². The summed E-state index contributed by atoms with van der Waals surface area (Å²) in [7, 11) is 0. The van der Waals surface area contributed by atoms with E-state index in [1.165, 1.54) is 50.0 Å². The largest absolute Gasteiger partial charge is 0.345 e. The molecule has 0 saturated heterocycles. The molecule has 0 atom stereocenters. The van der Waals surface area contributed by atoms with Crippen LogP contribution < -0.4 is 5.32 Å². The Kier molecular flexibility index (Phi) is 5.24. The van der Waals surface area contributed by atoms with Crippen molar-refractivity contribution in [1.29, 1.82) is 0 Å². The van der Waals surface area contributed by atoms with Crippen LogP contribution in [0.15, 0.2) is 6.20 Å². The number of imidazole rings is 1. The van der Waals surface area contributed by atoms with Gasteiger partial charge in [0.2, 0.25) is 0 Å². The first-order chi connectivity index (χ1) is 8.83. The van der Waals surface area contributed by atoms with Crippen molar-refractivity contribution in [3.05, 3.63) is 17.7 Å². The van der Waals surface area contributed by atoms with Crippen molar-refractivity contribution in [3.63, 3.8) is 0 Å². The van der Waals surface area contributed by atoms with Crippen molar-refractivity contribution in [3.8, 4) is 0 Å². The lowest BCUT2D eigenvalue weighted by Gasteiger charge is -2.27. The highest BCUT2D eigenvalue weighted by molar-refractivity contribution is 5.06. The van der Waals surface area contributed by atoms with Crippen molar-refractivity contribution in [2.45, 2.75) is 64.8 Å². The van der Waals surface area contributed by atoms with E-state index in [4.69, 9.17) is 0 Å². The molecule has 0 bridgehead atoms. The van der Waals surface area contributed by atoms with Gasteiger partial charge >= 0.3 is 0 Å². The third-order valence-corrected chi connectivity index (χ3v) is 4.14. The van der Waals surface area contributed by atoms with Gasteiger partial charge < -0.3 is 10.3 Å². The summed E-state index contributed by atoms with van der Waals surface area (Å²) in [6.45, 7) is 6.35. The number of hydrogen-bond acceptors (Lipinski definition) is 2. The first-order valence-corrected chi connectivity index (χ1v) is 7.58. The van der Waals surface area contributed by atoms with E-state index in [2.05, 4.69) is 29.1 Å².